The largest absolute Gasteiger partial charge is 0.493 e. The zero-order valence-electron chi connectivity index (χ0n) is 15.4. The first-order valence-electron chi connectivity index (χ1n) is 9.07. The Labute approximate surface area is 160 Å². The molecule has 140 valence electrons. The zero-order chi connectivity index (χ0) is 18.8. The molecule has 1 amide bonds. The Kier molecular flexibility index (Phi) is 8.29. The highest BCUT2D eigenvalue weighted by atomic mass is 35.5. The van der Waals surface area contributed by atoms with Crippen molar-refractivity contribution < 1.29 is 14.3 Å². The van der Waals surface area contributed by atoms with Gasteiger partial charge in [-0.25, -0.2) is 0 Å². The minimum Gasteiger partial charge on any atom is -0.493 e. The van der Waals surface area contributed by atoms with E-state index in [-0.39, 0.29) is 12.5 Å². The molecule has 0 spiro atoms. The summed E-state index contributed by atoms with van der Waals surface area (Å²) < 4.78 is 11.5. The topological polar surface area (TPSA) is 47.6 Å². The fourth-order valence-electron chi connectivity index (χ4n) is 2.53. The molecule has 1 N–H and O–H groups in total. The van der Waals surface area contributed by atoms with Gasteiger partial charge in [-0.1, -0.05) is 43.5 Å². The molecule has 4 nitrogen and oxygen atoms in total. The van der Waals surface area contributed by atoms with Gasteiger partial charge < -0.3 is 14.8 Å². The molecule has 2 aromatic rings. The fraction of sp³-hybridized carbons (Fsp3) is 0.381. The van der Waals surface area contributed by atoms with Crippen LogP contribution in [0.25, 0.3) is 0 Å². The smallest absolute Gasteiger partial charge is 0.251 e. The first-order valence-corrected chi connectivity index (χ1v) is 9.44. The number of carbonyl (C=O) groups is 1. The molecular formula is C21H26ClNO3. The van der Waals surface area contributed by atoms with Crippen molar-refractivity contribution in [1.29, 1.82) is 0 Å². The minimum absolute atomic E-state index is 0.0804. The van der Waals surface area contributed by atoms with Crippen molar-refractivity contribution >= 4 is 17.5 Å². The van der Waals surface area contributed by atoms with Crippen LogP contribution in [-0.2, 0) is 6.61 Å². The number of nitrogens with one attached hydrogen (secondary N) is 1. The van der Waals surface area contributed by atoms with Gasteiger partial charge in [0.25, 0.3) is 5.91 Å². The third-order valence-electron chi connectivity index (χ3n) is 3.91. The Morgan fingerprint density at radius 1 is 1.04 bits per heavy atom. The van der Waals surface area contributed by atoms with Crippen LogP contribution in [0.4, 0.5) is 0 Å². The lowest BCUT2D eigenvalue weighted by molar-refractivity contribution is 0.0952. The molecule has 0 radical (unpaired) electrons. The van der Waals surface area contributed by atoms with Gasteiger partial charge in [0.2, 0.25) is 0 Å². The van der Waals surface area contributed by atoms with Crippen LogP contribution in [0.5, 0.6) is 11.5 Å². The van der Waals surface area contributed by atoms with E-state index >= 15 is 0 Å². The third-order valence-corrected chi connectivity index (χ3v) is 4.22. The van der Waals surface area contributed by atoms with Crippen LogP contribution in [-0.4, -0.2) is 19.1 Å². The number of rotatable bonds is 10. The second-order valence-corrected chi connectivity index (χ2v) is 6.34. The molecule has 0 bridgehead atoms. The summed E-state index contributed by atoms with van der Waals surface area (Å²) in [6.07, 6.45) is 3.23. The average Bonchev–Trinajstić information content (AvgIpc) is 2.65. The van der Waals surface area contributed by atoms with E-state index in [0.717, 1.165) is 24.8 Å². The van der Waals surface area contributed by atoms with Gasteiger partial charge >= 0.3 is 0 Å². The SMILES string of the molecule is CCCCCNC(=O)c1ccc(OCC)c(COc2ccccc2Cl)c1. The molecule has 26 heavy (non-hydrogen) atoms. The van der Waals surface area contributed by atoms with Crippen LogP contribution in [0, 0.1) is 0 Å². The van der Waals surface area contributed by atoms with E-state index in [1.165, 1.54) is 0 Å². The number of amides is 1. The number of para-hydroxylation sites is 1. The summed E-state index contributed by atoms with van der Waals surface area (Å²) in [7, 11) is 0. The lowest BCUT2D eigenvalue weighted by Gasteiger charge is -2.14. The highest BCUT2D eigenvalue weighted by molar-refractivity contribution is 6.32. The van der Waals surface area contributed by atoms with Crippen molar-refractivity contribution in [1.82, 2.24) is 5.32 Å². The maximum Gasteiger partial charge on any atom is 0.251 e. The summed E-state index contributed by atoms with van der Waals surface area (Å²) in [5, 5.41) is 3.50. The summed E-state index contributed by atoms with van der Waals surface area (Å²) in [6.45, 7) is 5.57. The number of ether oxygens (including phenoxy) is 2. The van der Waals surface area contributed by atoms with Crippen LogP contribution in [0.1, 0.15) is 49.0 Å². The summed E-state index contributed by atoms with van der Waals surface area (Å²) in [4.78, 5) is 12.3. The van der Waals surface area contributed by atoms with Gasteiger partial charge in [0.05, 0.1) is 11.6 Å². The van der Waals surface area contributed by atoms with E-state index in [0.29, 0.717) is 35.2 Å². The Hall–Kier alpha value is -2.20. The number of unbranched alkanes of at least 4 members (excludes halogenated alkanes) is 2. The number of hydrogen-bond donors (Lipinski definition) is 1. The Balaban J connectivity index is 2.09. The predicted molar refractivity (Wildman–Crippen MR) is 105 cm³/mol. The van der Waals surface area contributed by atoms with Crippen LogP contribution < -0.4 is 14.8 Å². The second-order valence-electron chi connectivity index (χ2n) is 5.94. The van der Waals surface area contributed by atoms with Crippen LogP contribution in [0.2, 0.25) is 5.02 Å². The van der Waals surface area contributed by atoms with Gasteiger partial charge in [-0.2, -0.15) is 0 Å². The number of hydrogen-bond acceptors (Lipinski definition) is 3. The molecule has 0 aliphatic heterocycles. The van der Waals surface area contributed by atoms with Crippen molar-refractivity contribution in [2.45, 2.75) is 39.7 Å². The second kappa shape index (κ2) is 10.7. The van der Waals surface area contributed by atoms with Crippen molar-refractivity contribution in [2.75, 3.05) is 13.2 Å². The minimum atomic E-state index is -0.0804. The van der Waals surface area contributed by atoms with E-state index in [1.807, 2.05) is 37.3 Å². The summed E-state index contributed by atoms with van der Waals surface area (Å²) in [6, 6.07) is 12.7. The van der Waals surface area contributed by atoms with E-state index in [9.17, 15) is 4.79 Å². The Morgan fingerprint density at radius 3 is 2.58 bits per heavy atom. The van der Waals surface area contributed by atoms with Crippen LogP contribution in [0.3, 0.4) is 0 Å². The molecule has 0 atom stereocenters. The van der Waals surface area contributed by atoms with Gasteiger partial charge in [0.1, 0.15) is 18.1 Å². The molecule has 0 saturated carbocycles. The van der Waals surface area contributed by atoms with E-state index in [4.69, 9.17) is 21.1 Å². The highest BCUT2D eigenvalue weighted by Gasteiger charge is 2.12. The van der Waals surface area contributed by atoms with E-state index in [2.05, 4.69) is 12.2 Å². The van der Waals surface area contributed by atoms with Gasteiger partial charge in [-0.15, -0.1) is 0 Å². The summed E-state index contributed by atoms with van der Waals surface area (Å²) >= 11 is 6.14. The zero-order valence-corrected chi connectivity index (χ0v) is 16.1. The Morgan fingerprint density at radius 2 is 1.85 bits per heavy atom. The molecular weight excluding hydrogens is 350 g/mol. The summed E-state index contributed by atoms with van der Waals surface area (Å²) in [5.74, 6) is 1.23. The van der Waals surface area contributed by atoms with E-state index < -0.39 is 0 Å². The van der Waals surface area contributed by atoms with Crippen molar-refractivity contribution in [3.8, 4) is 11.5 Å². The lowest BCUT2D eigenvalue weighted by atomic mass is 10.1. The van der Waals surface area contributed by atoms with Crippen molar-refractivity contribution in [3.05, 3.63) is 58.6 Å². The number of benzene rings is 2. The van der Waals surface area contributed by atoms with Gasteiger partial charge in [0.15, 0.2) is 0 Å². The molecule has 0 fully saturated rings. The number of carbonyl (C=O) groups excluding carboxylic acids is 1. The normalized spacial score (nSPS) is 10.4. The molecule has 0 heterocycles. The van der Waals surface area contributed by atoms with E-state index in [1.54, 1.807) is 12.1 Å². The first-order chi connectivity index (χ1) is 12.7. The fourth-order valence-corrected chi connectivity index (χ4v) is 2.72. The van der Waals surface area contributed by atoms with Gasteiger partial charge in [-0.05, 0) is 43.7 Å². The molecule has 0 aliphatic carbocycles. The molecule has 5 heteroatoms. The third kappa shape index (κ3) is 5.95. The van der Waals surface area contributed by atoms with Crippen LogP contribution in [0.15, 0.2) is 42.5 Å². The van der Waals surface area contributed by atoms with Crippen molar-refractivity contribution in [2.24, 2.45) is 0 Å². The van der Waals surface area contributed by atoms with Gasteiger partial charge in [-0.3, -0.25) is 4.79 Å². The quantitative estimate of drug-likeness (QED) is 0.578. The molecule has 0 aliphatic rings. The standard InChI is InChI=1S/C21H26ClNO3/c1-3-5-8-13-23-21(24)16-11-12-19(25-4-2)17(14-16)15-26-20-10-7-6-9-18(20)22/h6-7,9-12,14H,3-5,8,13,15H2,1-2H3,(H,23,24). The van der Waals surface area contributed by atoms with Crippen molar-refractivity contribution in [3.63, 3.8) is 0 Å². The maximum atomic E-state index is 12.3. The molecule has 2 rings (SSSR count). The predicted octanol–water partition coefficient (Wildman–Crippen LogP) is 5.24. The monoisotopic (exact) mass is 375 g/mol. The lowest BCUT2D eigenvalue weighted by Crippen LogP contribution is -2.24. The highest BCUT2D eigenvalue weighted by Crippen LogP contribution is 2.27. The van der Waals surface area contributed by atoms with Gasteiger partial charge in [0, 0.05) is 17.7 Å². The first kappa shape index (κ1) is 20.1. The van der Waals surface area contributed by atoms with Crippen LogP contribution >= 0.6 is 11.6 Å². The molecule has 0 saturated heterocycles. The molecule has 0 unspecified atom stereocenters. The molecule has 0 aromatic heterocycles. The maximum absolute atomic E-state index is 12.3. The number of halogens is 1. The molecule has 2 aromatic carbocycles. The average molecular weight is 376 g/mol. The Bertz CT molecular complexity index is 718. The summed E-state index contributed by atoms with van der Waals surface area (Å²) in [5.41, 5.74) is 1.41.